The van der Waals surface area contributed by atoms with Crippen LogP contribution in [0.5, 0.6) is 0 Å². The molecule has 0 spiro atoms. The van der Waals surface area contributed by atoms with Gasteiger partial charge in [-0.2, -0.15) is 0 Å². The lowest BCUT2D eigenvalue weighted by Crippen LogP contribution is -2.17. The van der Waals surface area contributed by atoms with Crippen LogP contribution in [0.1, 0.15) is 44.0 Å². The highest BCUT2D eigenvalue weighted by Crippen LogP contribution is 2.25. The number of nitrogens with zero attached hydrogens (tertiary/aromatic N) is 1. The standard InChI is InChI=1S/C13H20N2O.C2H6/c1-3-11-9-10(6-8-16-2)12-5-4-7-14-13(12)15-11;1-2/h9H,3-8H2,1-2H3,(H,14,15);1-2H3. The smallest absolute Gasteiger partial charge is 0.129 e. The summed E-state index contributed by atoms with van der Waals surface area (Å²) in [5.74, 6) is 1.11. The van der Waals surface area contributed by atoms with Crippen molar-refractivity contribution < 1.29 is 4.74 Å². The summed E-state index contributed by atoms with van der Waals surface area (Å²) in [6, 6.07) is 2.24. The largest absolute Gasteiger partial charge is 0.384 e. The van der Waals surface area contributed by atoms with Crippen LogP contribution in [0, 0.1) is 0 Å². The van der Waals surface area contributed by atoms with Crippen molar-refractivity contribution in [2.24, 2.45) is 0 Å². The molecule has 3 nitrogen and oxygen atoms in total. The maximum atomic E-state index is 5.17. The molecular weight excluding hydrogens is 224 g/mol. The highest BCUT2D eigenvalue weighted by Gasteiger charge is 2.15. The predicted octanol–water partition coefficient (Wildman–Crippen LogP) is 3.22. The molecular formula is C15H26N2O. The lowest BCUT2D eigenvalue weighted by molar-refractivity contribution is 0.202. The van der Waals surface area contributed by atoms with E-state index < -0.39 is 0 Å². The Balaban J connectivity index is 0.000000771. The molecule has 0 atom stereocenters. The monoisotopic (exact) mass is 250 g/mol. The number of aromatic nitrogens is 1. The summed E-state index contributed by atoms with van der Waals surface area (Å²) in [6.07, 6.45) is 4.35. The van der Waals surface area contributed by atoms with Crippen molar-refractivity contribution in [3.05, 3.63) is 22.9 Å². The molecule has 2 heterocycles. The molecule has 18 heavy (non-hydrogen) atoms. The van der Waals surface area contributed by atoms with E-state index in [2.05, 4.69) is 23.3 Å². The number of fused-ring (bicyclic) bond motifs is 1. The Morgan fingerprint density at radius 1 is 1.39 bits per heavy atom. The highest BCUT2D eigenvalue weighted by molar-refractivity contribution is 5.51. The van der Waals surface area contributed by atoms with E-state index in [9.17, 15) is 0 Å². The van der Waals surface area contributed by atoms with Crippen molar-refractivity contribution in [2.45, 2.75) is 46.5 Å². The molecule has 0 radical (unpaired) electrons. The topological polar surface area (TPSA) is 34.1 Å². The second-order valence-corrected chi connectivity index (χ2v) is 4.23. The van der Waals surface area contributed by atoms with E-state index in [1.807, 2.05) is 13.8 Å². The Morgan fingerprint density at radius 2 is 2.17 bits per heavy atom. The van der Waals surface area contributed by atoms with Gasteiger partial charge in [0, 0.05) is 19.3 Å². The van der Waals surface area contributed by atoms with Crippen molar-refractivity contribution in [1.82, 2.24) is 4.98 Å². The van der Waals surface area contributed by atoms with Crippen LogP contribution >= 0.6 is 0 Å². The summed E-state index contributed by atoms with van der Waals surface area (Å²) in [7, 11) is 1.76. The predicted molar refractivity (Wildman–Crippen MR) is 77.4 cm³/mol. The number of methoxy groups -OCH3 is 1. The normalized spacial score (nSPS) is 13.1. The first-order chi connectivity index (χ1) is 8.85. The molecule has 0 aromatic carbocycles. The van der Waals surface area contributed by atoms with Crippen LogP contribution in [0.2, 0.25) is 0 Å². The van der Waals surface area contributed by atoms with Gasteiger partial charge in [-0.3, -0.25) is 0 Å². The molecule has 2 rings (SSSR count). The summed E-state index contributed by atoms with van der Waals surface area (Å²) in [5.41, 5.74) is 4.00. The summed E-state index contributed by atoms with van der Waals surface area (Å²) < 4.78 is 5.17. The third kappa shape index (κ3) is 3.70. The average Bonchev–Trinajstić information content (AvgIpc) is 2.46. The SMILES string of the molecule is CC.CCc1cc(CCOC)c2c(n1)NCCC2. The van der Waals surface area contributed by atoms with Crippen LogP contribution in [-0.2, 0) is 24.0 Å². The molecule has 1 aliphatic heterocycles. The van der Waals surface area contributed by atoms with Crippen LogP contribution in [0.3, 0.4) is 0 Å². The summed E-state index contributed by atoms with van der Waals surface area (Å²) in [6.45, 7) is 7.99. The molecule has 1 N–H and O–H groups in total. The van der Waals surface area contributed by atoms with Gasteiger partial charge in [0.2, 0.25) is 0 Å². The summed E-state index contributed by atoms with van der Waals surface area (Å²) >= 11 is 0. The Morgan fingerprint density at radius 3 is 2.83 bits per heavy atom. The molecule has 0 bridgehead atoms. The van der Waals surface area contributed by atoms with Gasteiger partial charge in [-0.1, -0.05) is 20.8 Å². The number of aryl methyl sites for hydroxylation is 1. The maximum absolute atomic E-state index is 5.17. The Kier molecular flexibility index (Phi) is 6.73. The molecule has 0 fully saturated rings. The van der Waals surface area contributed by atoms with Crippen molar-refractivity contribution >= 4 is 5.82 Å². The van der Waals surface area contributed by atoms with Crippen molar-refractivity contribution in [2.75, 3.05) is 25.6 Å². The second kappa shape index (κ2) is 8.09. The minimum atomic E-state index is 0.791. The molecule has 1 aromatic rings. The first-order valence-corrected chi connectivity index (χ1v) is 7.09. The van der Waals surface area contributed by atoms with E-state index in [0.717, 1.165) is 38.2 Å². The number of nitrogens with one attached hydrogen (secondary N) is 1. The van der Waals surface area contributed by atoms with E-state index in [1.165, 1.54) is 23.2 Å². The van der Waals surface area contributed by atoms with E-state index in [1.54, 1.807) is 7.11 Å². The Bertz CT molecular complexity index is 364. The molecule has 0 saturated carbocycles. The first kappa shape index (κ1) is 15.0. The third-order valence-corrected chi connectivity index (χ3v) is 3.10. The van der Waals surface area contributed by atoms with Crippen molar-refractivity contribution in [3.8, 4) is 0 Å². The molecule has 1 aliphatic rings. The van der Waals surface area contributed by atoms with Gasteiger partial charge < -0.3 is 10.1 Å². The Hall–Kier alpha value is -1.09. The van der Waals surface area contributed by atoms with Crippen LogP contribution in [0.25, 0.3) is 0 Å². The van der Waals surface area contributed by atoms with Crippen LogP contribution < -0.4 is 5.32 Å². The number of ether oxygens (including phenoxy) is 1. The van der Waals surface area contributed by atoms with Gasteiger partial charge in [-0.05, 0) is 42.9 Å². The van der Waals surface area contributed by atoms with E-state index >= 15 is 0 Å². The quantitative estimate of drug-likeness (QED) is 0.891. The lowest BCUT2D eigenvalue weighted by Gasteiger charge is -2.21. The molecule has 0 unspecified atom stereocenters. The molecule has 1 aromatic heterocycles. The van der Waals surface area contributed by atoms with Crippen molar-refractivity contribution in [3.63, 3.8) is 0 Å². The minimum absolute atomic E-state index is 0.791. The highest BCUT2D eigenvalue weighted by atomic mass is 16.5. The van der Waals surface area contributed by atoms with Gasteiger partial charge in [-0.25, -0.2) is 4.98 Å². The van der Waals surface area contributed by atoms with Gasteiger partial charge >= 0.3 is 0 Å². The van der Waals surface area contributed by atoms with E-state index in [0.29, 0.717) is 0 Å². The Labute approximate surface area is 111 Å². The zero-order valence-electron chi connectivity index (χ0n) is 12.2. The third-order valence-electron chi connectivity index (χ3n) is 3.10. The molecule has 0 aliphatic carbocycles. The van der Waals surface area contributed by atoms with Gasteiger partial charge in [-0.15, -0.1) is 0 Å². The van der Waals surface area contributed by atoms with Gasteiger partial charge in [0.1, 0.15) is 5.82 Å². The van der Waals surface area contributed by atoms with Crippen LogP contribution in [0.15, 0.2) is 6.07 Å². The van der Waals surface area contributed by atoms with Crippen molar-refractivity contribution in [1.29, 1.82) is 0 Å². The second-order valence-electron chi connectivity index (χ2n) is 4.23. The maximum Gasteiger partial charge on any atom is 0.129 e. The lowest BCUT2D eigenvalue weighted by atomic mass is 9.98. The van der Waals surface area contributed by atoms with Crippen LogP contribution in [-0.4, -0.2) is 25.2 Å². The zero-order chi connectivity index (χ0) is 13.4. The minimum Gasteiger partial charge on any atom is -0.384 e. The fourth-order valence-electron chi connectivity index (χ4n) is 2.20. The molecule has 3 heteroatoms. The fourth-order valence-corrected chi connectivity index (χ4v) is 2.20. The van der Waals surface area contributed by atoms with Gasteiger partial charge in [0.25, 0.3) is 0 Å². The molecule has 0 amide bonds. The van der Waals surface area contributed by atoms with E-state index in [4.69, 9.17) is 4.74 Å². The summed E-state index contributed by atoms with van der Waals surface area (Å²) in [4.78, 5) is 4.65. The molecule has 0 saturated heterocycles. The number of hydrogen-bond donors (Lipinski definition) is 1. The first-order valence-electron chi connectivity index (χ1n) is 7.09. The number of rotatable bonds is 4. The van der Waals surface area contributed by atoms with Crippen LogP contribution in [0.4, 0.5) is 5.82 Å². The summed E-state index contributed by atoms with van der Waals surface area (Å²) in [5, 5.41) is 3.40. The molecule has 102 valence electrons. The number of anilines is 1. The number of pyridine rings is 1. The zero-order valence-corrected chi connectivity index (χ0v) is 12.2. The van der Waals surface area contributed by atoms with Gasteiger partial charge in [0.05, 0.1) is 6.61 Å². The van der Waals surface area contributed by atoms with Gasteiger partial charge in [0.15, 0.2) is 0 Å². The van der Waals surface area contributed by atoms with E-state index in [-0.39, 0.29) is 0 Å². The number of hydrogen-bond acceptors (Lipinski definition) is 3. The average molecular weight is 250 g/mol. The fraction of sp³-hybridized carbons (Fsp3) is 0.667.